The van der Waals surface area contributed by atoms with Crippen molar-refractivity contribution in [1.29, 1.82) is 5.26 Å². The van der Waals surface area contributed by atoms with Crippen LogP contribution >= 0.6 is 0 Å². The van der Waals surface area contributed by atoms with Gasteiger partial charge in [-0.05, 0) is 36.2 Å². The zero-order valence-electron chi connectivity index (χ0n) is 11.6. The molecule has 1 N–H and O–H groups in total. The number of nitrogens with zero attached hydrogens (tertiary/aromatic N) is 2. The lowest BCUT2D eigenvalue weighted by Crippen LogP contribution is -2.11. The molecule has 0 fully saturated rings. The predicted octanol–water partition coefficient (Wildman–Crippen LogP) is 3.53. The van der Waals surface area contributed by atoms with E-state index >= 15 is 0 Å². The van der Waals surface area contributed by atoms with Gasteiger partial charge in [-0.3, -0.25) is 0 Å². The number of rotatable bonds is 5. The average molecular weight is 267 g/mol. The molecule has 2 rings (SSSR count). The summed E-state index contributed by atoms with van der Waals surface area (Å²) in [7, 11) is 1.65. The summed E-state index contributed by atoms with van der Waals surface area (Å²) in [5, 5.41) is 12.4. The average Bonchev–Trinajstić information content (AvgIpc) is 2.53. The highest BCUT2D eigenvalue weighted by Gasteiger charge is 2.12. The monoisotopic (exact) mass is 267 g/mol. The van der Waals surface area contributed by atoms with Crippen LogP contribution in [-0.2, 0) is 0 Å². The van der Waals surface area contributed by atoms with Crippen LogP contribution in [0.2, 0.25) is 0 Å². The molecule has 0 saturated heterocycles. The fraction of sp³-hybridized carbons (Fsp3) is 0.250. The molecule has 102 valence electrons. The SMILES string of the molecule is CC[C@@H](Nc1ncccc1C#N)c1ccc(OC)cc1. The highest BCUT2D eigenvalue weighted by atomic mass is 16.5. The molecule has 0 aliphatic heterocycles. The molecule has 0 aliphatic carbocycles. The molecule has 0 radical (unpaired) electrons. The Labute approximate surface area is 119 Å². The first-order valence-corrected chi connectivity index (χ1v) is 6.54. The smallest absolute Gasteiger partial charge is 0.144 e. The van der Waals surface area contributed by atoms with Crippen LogP contribution in [0.15, 0.2) is 42.6 Å². The number of hydrogen-bond acceptors (Lipinski definition) is 4. The number of aromatic nitrogens is 1. The summed E-state index contributed by atoms with van der Waals surface area (Å²) in [5.74, 6) is 1.46. The highest BCUT2D eigenvalue weighted by molar-refractivity contribution is 5.52. The molecule has 4 nitrogen and oxygen atoms in total. The molecule has 0 unspecified atom stereocenters. The van der Waals surface area contributed by atoms with E-state index in [1.165, 1.54) is 0 Å². The molecular formula is C16H17N3O. The van der Waals surface area contributed by atoms with Gasteiger partial charge in [0.2, 0.25) is 0 Å². The number of anilines is 1. The highest BCUT2D eigenvalue weighted by Crippen LogP contribution is 2.24. The Bertz CT molecular complexity index is 602. The second-order valence-electron chi connectivity index (χ2n) is 4.39. The molecule has 0 bridgehead atoms. The van der Waals surface area contributed by atoms with Crippen molar-refractivity contribution >= 4 is 5.82 Å². The van der Waals surface area contributed by atoms with Gasteiger partial charge < -0.3 is 10.1 Å². The molecule has 0 saturated carbocycles. The number of methoxy groups -OCH3 is 1. The Morgan fingerprint density at radius 3 is 2.65 bits per heavy atom. The molecule has 20 heavy (non-hydrogen) atoms. The van der Waals surface area contributed by atoms with E-state index in [0.29, 0.717) is 11.4 Å². The molecule has 0 spiro atoms. The first kappa shape index (κ1) is 13.9. The summed E-state index contributed by atoms with van der Waals surface area (Å²) in [6.07, 6.45) is 2.58. The van der Waals surface area contributed by atoms with Crippen molar-refractivity contribution in [3.05, 3.63) is 53.7 Å². The van der Waals surface area contributed by atoms with Gasteiger partial charge in [0.15, 0.2) is 0 Å². The van der Waals surface area contributed by atoms with Crippen molar-refractivity contribution in [1.82, 2.24) is 4.98 Å². The van der Waals surface area contributed by atoms with E-state index in [0.717, 1.165) is 17.7 Å². The van der Waals surface area contributed by atoms with Crippen LogP contribution < -0.4 is 10.1 Å². The maximum Gasteiger partial charge on any atom is 0.144 e. The first-order chi connectivity index (χ1) is 9.78. The normalized spacial score (nSPS) is 11.4. The molecule has 1 heterocycles. The molecule has 1 aromatic heterocycles. The molecule has 0 aliphatic rings. The van der Waals surface area contributed by atoms with E-state index in [-0.39, 0.29) is 6.04 Å². The lowest BCUT2D eigenvalue weighted by atomic mass is 10.0. The van der Waals surface area contributed by atoms with Gasteiger partial charge in [-0.1, -0.05) is 19.1 Å². The van der Waals surface area contributed by atoms with E-state index in [1.807, 2.05) is 24.3 Å². The summed E-state index contributed by atoms with van der Waals surface area (Å²) in [6.45, 7) is 2.09. The number of nitriles is 1. The van der Waals surface area contributed by atoms with E-state index in [4.69, 9.17) is 10.00 Å². The molecular weight excluding hydrogens is 250 g/mol. The van der Waals surface area contributed by atoms with E-state index in [9.17, 15) is 0 Å². The largest absolute Gasteiger partial charge is 0.497 e. The molecule has 0 amide bonds. The molecule has 2 aromatic rings. The summed E-state index contributed by atoms with van der Waals surface area (Å²) >= 11 is 0. The minimum absolute atomic E-state index is 0.114. The van der Waals surface area contributed by atoms with E-state index < -0.39 is 0 Å². The van der Waals surface area contributed by atoms with Crippen LogP contribution in [0.25, 0.3) is 0 Å². The number of ether oxygens (including phenoxy) is 1. The Balaban J connectivity index is 2.22. The second kappa shape index (κ2) is 6.58. The third-order valence-electron chi connectivity index (χ3n) is 3.17. The van der Waals surface area contributed by atoms with Gasteiger partial charge >= 0.3 is 0 Å². The van der Waals surface area contributed by atoms with Gasteiger partial charge in [-0.25, -0.2) is 4.98 Å². The summed E-state index contributed by atoms with van der Waals surface area (Å²) in [6, 6.07) is 13.7. The van der Waals surface area contributed by atoms with Crippen LogP contribution in [0.4, 0.5) is 5.82 Å². The number of hydrogen-bond donors (Lipinski definition) is 1. The summed E-state index contributed by atoms with van der Waals surface area (Å²) in [5.41, 5.74) is 1.70. The van der Waals surface area contributed by atoms with Crippen molar-refractivity contribution in [2.75, 3.05) is 12.4 Å². The lowest BCUT2D eigenvalue weighted by molar-refractivity contribution is 0.414. The zero-order chi connectivity index (χ0) is 14.4. The number of benzene rings is 1. The Hall–Kier alpha value is -2.54. The quantitative estimate of drug-likeness (QED) is 0.900. The topological polar surface area (TPSA) is 57.9 Å². The number of pyridine rings is 1. The van der Waals surface area contributed by atoms with Crippen LogP contribution in [0, 0.1) is 11.3 Å². The summed E-state index contributed by atoms with van der Waals surface area (Å²) in [4.78, 5) is 4.24. The standard InChI is InChI=1S/C16H17N3O/c1-3-15(12-6-8-14(20-2)9-7-12)19-16-13(11-17)5-4-10-18-16/h4-10,15H,3H2,1-2H3,(H,18,19)/t15-/m1/s1. The Kier molecular flexibility index (Phi) is 4.56. The fourth-order valence-electron chi connectivity index (χ4n) is 2.03. The van der Waals surface area contributed by atoms with Crippen molar-refractivity contribution < 1.29 is 4.74 Å². The van der Waals surface area contributed by atoms with Crippen LogP contribution in [0.3, 0.4) is 0 Å². The predicted molar refractivity (Wildman–Crippen MR) is 78.6 cm³/mol. The maximum atomic E-state index is 9.10. The minimum atomic E-state index is 0.114. The van der Waals surface area contributed by atoms with Gasteiger partial charge in [0.05, 0.1) is 18.7 Å². The Morgan fingerprint density at radius 1 is 1.30 bits per heavy atom. The van der Waals surface area contributed by atoms with Crippen LogP contribution in [-0.4, -0.2) is 12.1 Å². The van der Waals surface area contributed by atoms with Crippen molar-refractivity contribution in [3.8, 4) is 11.8 Å². The van der Waals surface area contributed by atoms with Gasteiger partial charge in [0.1, 0.15) is 17.6 Å². The Morgan fingerprint density at radius 2 is 2.05 bits per heavy atom. The molecule has 1 atom stereocenters. The fourth-order valence-corrected chi connectivity index (χ4v) is 2.03. The van der Waals surface area contributed by atoms with Crippen LogP contribution in [0.1, 0.15) is 30.5 Å². The minimum Gasteiger partial charge on any atom is -0.497 e. The van der Waals surface area contributed by atoms with Crippen LogP contribution in [0.5, 0.6) is 5.75 Å². The molecule has 4 heteroatoms. The first-order valence-electron chi connectivity index (χ1n) is 6.54. The van der Waals surface area contributed by atoms with Gasteiger partial charge in [-0.2, -0.15) is 5.26 Å². The second-order valence-corrected chi connectivity index (χ2v) is 4.39. The third-order valence-corrected chi connectivity index (χ3v) is 3.17. The van der Waals surface area contributed by atoms with Gasteiger partial charge in [-0.15, -0.1) is 0 Å². The zero-order valence-corrected chi connectivity index (χ0v) is 11.6. The maximum absolute atomic E-state index is 9.10. The van der Waals surface area contributed by atoms with Crippen molar-refractivity contribution in [2.45, 2.75) is 19.4 Å². The van der Waals surface area contributed by atoms with Gasteiger partial charge in [0, 0.05) is 6.20 Å². The van der Waals surface area contributed by atoms with Crippen molar-refractivity contribution in [3.63, 3.8) is 0 Å². The van der Waals surface area contributed by atoms with E-state index in [2.05, 4.69) is 23.3 Å². The third kappa shape index (κ3) is 3.07. The van der Waals surface area contributed by atoms with E-state index in [1.54, 1.807) is 25.4 Å². The van der Waals surface area contributed by atoms with Crippen molar-refractivity contribution in [2.24, 2.45) is 0 Å². The lowest BCUT2D eigenvalue weighted by Gasteiger charge is -2.19. The van der Waals surface area contributed by atoms with Gasteiger partial charge in [0.25, 0.3) is 0 Å². The molecule has 1 aromatic carbocycles. The number of nitrogens with one attached hydrogen (secondary N) is 1. The summed E-state index contributed by atoms with van der Waals surface area (Å²) < 4.78 is 5.16.